The summed E-state index contributed by atoms with van der Waals surface area (Å²) in [4.78, 5) is 55.6. The molecule has 6 rings (SSSR count). The number of non-ortho nitro benzene ring substituents is 1. The van der Waals surface area contributed by atoms with Crippen LogP contribution in [0.3, 0.4) is 0 Å². The van der Waals surface area contributed by atoms with Gasteiger partial charge in [-0.25, -0.2) is 4.90 Å². The van der Waals surface area contributed by atoms with Gasteiger partial charge in [0.05, 0.1) is 28.7 Å². The number of carbonyl (C=O) groups is 2. The highest BCUT2D eigenvalue weighted by atomic mass is 35.5. The maximum Gasteiger partial charge on any atom is 0.305 e. The van der Waals surface area contributed by atoms with E-state index in [1.165, 1.54) is 25.3 Å². The Kier molecular flexibility index (Phi) is 7.06. The molecule has 1 N–H and O–H groups in total. The van der Waals surface area contributed by atoms with Crippen molar-refractivity contribution in [2.45, 2.75) is 22.8 Å². The summed E-state index contributed by atoms with van der Waals surface area (Å²) in [6, 6.07) is 17.8. The van der Waals surface area contributed by atoms with Crippen molar-refractivity contribution in [1.29, 1.82) is 0 Å². The molecule has 0 saturated carbocycles. The van der Waals surface area contributed by atoms with Crippen molar-refractivity contribution in [2.75, 3.05) is 12.0 Å². The topological polar surface area (TPSA) is 132 Å². The third-order valence-electron chi connectivity index (χ3n) is 6.98. The Morgan fingerprint density at radius 2 is 1.83 bits per heavy atom. The summed E-state index contributed by atoms with van der Waals surface area (Å²) in [6.07, 6.45) is 0. The lowest BCUT2D eigenvalue weighted by atomic mass is 9.82. The van der Waals surface area contributed by atoms with E-state index in [1.807, 2.05) is 6.07 Å². The third kappa shape index (κ3) is 4.88. The van der Waals surface area contributed by atoms with Crippen molar-refractivity contribution in [1.82, 2.24) is 4.98 Å². The van der Waals surface area contributed by atoms with E-state index in [4.69, 9.17) is 21.1 Å². The number of thiazole rings is 1. The molecule has 13 heteroatoms. The number of hydrogen-bond donors (Lipinski definition) is 1. The molecule has 4 aromatic rings. The van der Waals surface area contributed by atoms with Crippen LogP contribution >= 0.6 is 34.7 Å². The van der Waals surface area contributed by atoms with Gasteiger partial charge in [-0.1, -0.05) is 46.8 Å². The second-order valence-electron chi connectivity index (χ2n) is 9.36. The summed E-state index contributed by atoms with van der Waals surface area (Å²) in [5.41, 5.74) is 1.27. The highest BCUT2D eigenvalue weighted by Crippen LogP contribution is 2.55. The smallest absolute Gasteiger partial charge is 0.305 e. The number of fused-ring (bicyclic) bond motifs is 2. The molecule has 1 fully saturated rings. The number of rotatable bonds is 7. The third-order valence-corrected chi connectivity index (χ3v) is 9.61. The zero-order chi connectivity index (χ0) is 28.8. The molecule has 3 heterocycles. The summed E-state index contributed by atoms with van der Waals surface area (Å²) in [7, 11) is 1.52. The van der Waals surface area contributed by atoms with Crippen molar-refractivity contribution < 1.29 is 24.0 Å². The molecule has 0 aliphatic carbocycles. The molecule has 2 aliphatic heterocycles. The lowest BCUT2D eigenvalue weighted by Gasteiger charge is -2.30. The van der Waals surface area contributed by atoms with Gasteiger partial charge in [-0.2, -0.15) is 0 Å². The van der Waals surface area contributed by atoms with Gasteiger partial charge in [-0.05, 0) is 48.0 Å². The van der Waals surface area contributed by atoms with Crippen LogP contribution < -0.4 is 19.2 Å². The first kappa shape index (κ1) is 27.1. The number of methoxy groups -OCH3 is 1. The fourth-order valence-corrected chi connectivity index (χ4v) is 7.87. The number of hydrogen-bond acceptors (Lipinski definition) is 9. The maximum atomic E-state index is 14.0. The standard InChI is InChI=1S/C28H20ClN3O7S2/c1-38-18-8-5-16(6-9-18)31-26(33)22-21(23-25(30-28(35)41-23)40-24(22)27(31)34)19-12-17(32(36)37)7-10-20(19)39-13-14-3-2-4-15(29)11-14/h2-12,21-22,24H,13H2,1H3,(H,30,35)/t21-,22?,24?/m1/s1. The largest absolute Gasteiger partial charge is 0.497 e. The van der Waals surface area contributed by atoms with E-state index in [-0.39, 0.29) is 17.2 Å². The number of aromatic amines is 1. The zero-order valence-corrected chi connectivity index (χ0v) is 23.6. The average molecular weight is 610 g/mol. The Morgan fingerprint density at radius 1 is 1.05 bits per heavy atom. The Hall–Kier alpha value is -4.13. The van der Waals surface area contributed by atoms with Crippen LogP contribution in [0.1, 0.15) is 21.9 Å². The molecule has 0 spiro atoms. The molecule has 2 aliphatic rings. The molecule has 2 unspecified atom stereocenters. The maximum absolute atomic E-state index is 14.0. The molecular weight excluding hydrogens is 590 g/mol. The number of aromatic nitrogens is 1. The Bertz CT molecular complexity index is 1750. The molecule has 0 radical (unpaired) electrons. The molecule has 10 nitrogen and oxygen atoms in total. The molecular formula is C28H20ClN3O7S2. The monoisotopic (exact) mass is 609 g/mol. The van der Waals surface area contributed by atoms with Crippen LogP contribution in [0.5, 0.6) is 11.5 Å². The quantitative estimate of drug-likeness (QED) is 0.168. The lowest BCUT2D eigenvalue weighted by Crippen LogP contribution is -2.32. The van der Waals surface area contributed by atoms with Crippen LogP contribution in [-0.4, -0.2) is 34.1 Å². The first-order chi connectivity index (χ1) is 19.7. The summed E-state index contributed by atoms with van der Waals surface area (Å²) in [6.45, 7) is 0.0992. The van der Waals surface area contributed by atoms with E-state index in [0.29, 0.717) is 37.7 Å². The van der Waals surface area contributed by atoms with E-state index in [1.54, 1.807) is 42.5 Å². The van der Waals surface area contributed by atoms with Crippen LogP contribution in [-0.2, 0) is 16.2 Å². The zero-order valence-electron chi connectivity index (χ0n) is 21.2. The highest BCUT2D eigenvalue weighted by Gasteiger charge is 2.57. The second kappa shape index (κ2) is 10.7. The Labute approximate surface area is 246 Å². The van der Waals surface area contributed by atoms with Gasteiger partial charge in [-0.15, -0.1) is 0 Å². The SMILES string of the molecule is COc1ccc(N2C(=O)C3Sc4[nH]c(=O)sc4[C@H](c4cc([N+](=O)[O-])ccc4OCc4cccc(Cl)c4)C3C2=O)cc1. The summed E-state index contributed by atoms with van der Waals surface area (Å²) in [5, 5.41) is 11.9. The van der Waals surface area contributed by atoms with Crippen LogP contribution in [0.25, 0.3) is 0 Å². The molecule has 41 heavy (non-hydrogen) atoms. The van der Waals surface area contributed by atoms with Gasteiger partial charge < -0.3 is 14.5 Å². The van der Waals surface area contributed by atoms with E-state index < -0.39 is 33.8 Å². The molecule has 2 amide bonds. The van der Waals surface area contributed by atoms with Gasteiger partial charge in [-0.3, -0.25) is 24.5 Å². The van der Waals surface area contributed by atoms with E-state index >= 15 is 0 Å². The predicted molar refractivity (Wildman–Crippen MR) is 154 cm³/mol. The fraction of sp³-hybridized carbons (Fsp3) is 0.179. The van der Waals surface area contributed by atoms with Crippen molar-refractivity contribution in [3.8, 4) is 11.5 Å². The number of amides is 2. The number of nitro benzene ring substituents is 1. The van der Waals surface area contributed by atoms with Crippen LogP contribution in [0.2, 0.25) is 5.02 Å². The van der Waals surface area contributed by atoms with Crippen LogP contribution in [0, 0.1) is 16.0 Å². The molecule has 1 aromatic heterocycles. The van der Waals surface area contributed by atoms with Crippen molar-refractivity contribution in [3.63, 3.8) is 0 Å². The van der Waals surface area contributed by atoms with Gasteiger partial charge in [0.15, 0.2) is 0 Å². The summed E-state index contributed by atoms with van der Waals surface area (Å²) in [5.74, 6) is -1.85. The number of imide groups is 1. The number of halogens is 1. The number of carbonyl (C=O) groups excluding carboxylic acids is 2. The molecule has 3 aromatic carbocycles. The van der Waals surface area contributed by atoms with E-state index in [2.05, 4.69) is 4.98 Å². The molecule has 1 saturated heterocycles. The van der Waals surface area contributed by atoms with Gasteiger partial charge in [0, 0.05) is 33.5 Å². The molecule has 3 atom stereocenters. The fourth-order valence-electron chi connectivity index (χ4n) is 5.15. The number of nitrogens with zero attached hydrogens (tertiary/aromatic N) is 2. The van der Waals surface area contributed by atoms with Gasteiger partial charge >= 0.3 is 4.87 Å². The van der Waals surface area contributed by atoms with Gasteiger partial charge in [0.25, 0.3) is 5.69 Å². The highest BCUT2D eigenvalue weighted by molar-refractivity contribution is 8.00. The van der Waals surface area contributed by atoms with E-state index in [9.17, 15) is 24.5 Å². The first-order valence-electron chi connectivity index (χ1n) is 12.3. The average Bonchev–Trinajstić information content (AvgIpc) is 3.46. The normalized spacial score (nSPS) is 19.6. The number of nitrogens with one attached hydrogen (secondary N) is 1. The summed E-state index contributed by atoms with van der Waals surface area (Å²) < 4.78 is 11.3. The Balaban J connectivity index is 1.47. The second-order valence-corrected chi connectivity index (χ2v) is 12.0. The molecule has 0 bridgehead atoms. The lowest BCUT2D eigenvalue weighted by molar-refractivity contribution is -0.385. The number of thioether (sulfide) groups is 1. The number of H-pyrrole nitrogens is 1. The first-order valence-corrected chi connectivity index (χ1v) is 14.4. The van der Waals surface area contributed by atoms with Crippen molar-refractivity contribution in [3.05, 3.63) is 108 Å². The number of ether oxygens (including phenoxy) is 2. The van der Waals surface area contributed by atoms with Crippen LogP contribution in [0.4, 0.5) is 11.4 Å². The summed E-state index contributed by atoms with van der Waals surface area (Å²) >= 11 is 8.15. The van der Waals surface area contributed by atoms with Crippen molar-refractivity contribution >= 4 is 57.9 Å². The minimum absolute atomic E-state index is 0.0992. The van der Waals surface area contributed by atoms with E-state index in [0.717, 1.165) is 33.6 Å². The number of anilines is 1. The molecule has 208 valence electrons. The number of nitro groups is 1. The number of benzene rings is 3. The minimum Gasteiger partial charge on any atom is -0.497 e. The van der Waals surface area contributed by atoms with Crippen molar-refractivity contribution in [2.24, 2.45) is 5.92 Å². The minimum atomic E-state index is -0.941. The Morgan fingerprint density at radius 3 is 2.54 bits per heavy atom. The van der Waals surface area contributed by atoms with Crippen LogP contribution in [0.15, 0.2) is 76.6 Å². The predicted octanol–water partition coefficient (Wildman–Crippen LogP) is 5.38. The van der Waals surface area contributed by atoms with Gasteiger partial charge in [0.2, 0.25) is 11.8 Å². The van der Waals surface area contributed by atoms with Gasteiger partial charge in [0.1, 0.15) is 23.4 Å².